The third-order valence-electron chi connectivity index (χ3n) is 3.54. The first-order valence-electron chi connectivity index (χ1n) is 5.89. The maximum atomic E-state index is 5.66. The third kappa shape index (κ3) is 2.76. The summed E-state index contributed by atoms with van der Waals surface area (Å²) in [4.78, 5) is 2.31. The number of benzene rings is 1. The fourth-order valence-electron chi connectivity index (χ4n) is 1.80. The second kappa shape index (κ2) is 4.88. The van der Waals surface area contributed by atoms with E-state index in [0.717, 1.165) is 13.0 Å². The van der Waals surface area contributed by atoms with E-state index in [1.54, 1.807) is 0 Å². The molecule has 0 aliphatic heterocycles. The van der Waals surface area contributed by atoms with Crippen LogP contribution in [0, 0.1) is 13.8 Å². The molecular weight excluding hydrogens is 196 g/mol. The topological polar surface area (TPSA) is 29.3 Å². The summed E-state index contributed by atoms with van der Waals surface area (Å²) in [5, 5.41) is 0. The van der Waals surface area contributed by atoms with Gasteiger partial charge < -0.3 is 10.6 Å². The lowest BCUT2D eigenvalue weighted by Crippen LogP contribution is -2.42. The van der Waals surface area contributed by atoms with Crippen LogP contribution >= 0.6 is 0 Å². The first-order valence-corrected chi connectivity index (χ1v) is 5.89. The largest absolute Gasteiger partial charge is 0.369 e. The molecular formula is C14H24N2. The second-order valence-electron chi connectivity index (χ2n) is 5.18. The van der Waals surface area contributed by atoms with Gasteiger partial charge in [0.1, 0.15) is 0 Å². The number of hydrogen-bond acceptors (Lipinski definition) is 2. The molecule has 0 heterocycles. The predicted octanol–water partition coefficient (Wildman–Crippen LogP) is 2.87. The summed E-state index contributed by atoms with van der Waals surface area (Å²) in [6.45, 7) is 9.49. The first-order chi connectivity index (χ1) is 7.38. The van der Waals surface area contributed by atoms with Gasteiger partial charge in [-0.15, -0.1) is 0 Å². The number of anilines is 1. The second-order valence-corrected chi connectivity index (χ2v) is 5.18. The van der Waals surface area contributed by atoms with Crippen LogP contribution in [0.2, 0.25) is 0 Å². The molecule has 90 valence electrons. The van der Waals surface area contributed by atoms with Crippen LogP contribution < -0.4 is 10.6 Å². The van der Waals surface area contributed by atoms with Crippen molar-refractivity contribution in [3.05, 3.63) is 29.3 Å². The molecule has 1 rings (SSSR count). The Morgan fingerprint density at radius 2 is 1.81 bits per heavy atom. The molecule has 0 radical (unpaired) electrons. The van der Waals surface area contributed by atoms with Crippen LogP contribution in [-0.4, -0.2) is 19.1 Å². The summed E-state index contributed by atoms with van der Waals surface area (Å²) in [5.41, 5.74) is 9.71. The van der Waals surface area contributed by atoms with Gasteiger partial charge in [0, 0.05) is 18.3 Å². The molecule has 16 heavy (non-hydrogen) atoms. The Bertz CT molecular complexity index is 356. The molecule has 0 amide bonds. The van der Waals surface area contributed by atoms with Gasteiger partial charge in [-0.1, -0.05) is 6.07 Å². The number of nitrogens with zero attached hydrogens (tertiary/aromatic N) is 1. The highest BCUT2D eigenvalue weighted by Crippen LogP contribution is 2.26. The van der Waals surface area contributed by atoms with Gasteiger partial charge >= 0.3 is 0 Å². The fraction of sp³-hybridized carbons (Fsp3) is 0.571. The van der Waals surface area contributed by atoms with E-state index in [1.807, 2.05) is 0 Å². The molecule has 0 saturated carbocycles. The van der Waals surface area contributed by atoms with Gasteiger partial charge in [-0.3, -0.25) is 0 Å². The molecule has 2 N–H and O–H groups in total. The lowest BCUT2D eigenvalue weighted by Gasteiger charge is -2.37. The first kappa shape index (κ1) is 13.0. The van der Waals surface area contributed by atoms with Crippen LogP contribution in [0.25, 0.3) is 0 Å². The van der Waals surface area contributed by atoms with Gasteiger partial charge in [0.25, 0.3) is 0 Å². The minimum atomic E-state index is 0.108. The maximum Gasteiger partial charge on any atom is 0.0370 e. The molecule has 1 aromatic rings. The van der Waals surface area contributed by atoms with E-state index in [-0.39, 0.29) is 5.54 Å². The lowest BCUT2D eigenvalue weighted by molar-refractivity contribution is 0.456. The molecule has 0 spiro atoms. The Morgan fingerprint density at radius 3 is 2.31 bits per heavy atom. The summed E-state index contributed by atoms with van der Waals surface area (Å²) < 4.78 is 0. The zero-order valence-electron chi connectivity index (χ0n) is 11.2. The number of aryl methyl sites for hydroxylation is 2. The van der Waals surface area contributed by atoms with Crippen molar-refractivity contribution in [3.63, 3.8) is 0 Å². The van der Waals surface area contributed by atoms with Crippen LogP contribution in [0.15, 0.2) is 18.2 Å². The zero-order valence-corrected chi connectivity index (χ0v) is 11.2. The van der Waals surface area contributed by atoms with Crippen molar-refractivity contribution in [2.24, 2.45) is 5.73 Å². The molecule has 2 nitrogen and oxygen atoms in total. The standard InChI is InChI=1S/C14H24N2/c1-11-6-7-13(10-12(11)2)16(5)14(3,4)8-9-15/h6-7,10H,8-9,15H2,1-5H3. The van der Waals surface area contributed by atoms with Gasteiger partial charge in [-0.2, -0.15) is 0 Å². The van der Waals surface area contributed by atoms with E-state index in [9.17, 15) is 0 Å². The predicted molar refractivity (Wildman–Crippen MR) is 72.1 cm³/mol. The molecule has 2 heteroatoms. The van der Waals surface area contributed by atoms with E-state index in [2.05, 4.69) is 57.8 Å². The average molecular weight is 220 g/mol. The molecule has 0 aliphatic rings. The molecule has 0 aromatic heterocycles. The van der Waals surface area contributed by atoms with E-state index >= 15 is 0 Å². The van der Waals surface area contributed by atoms with Gasteiger partial charge in [0.05, 0.1) is 0 Å². The van der Waals surface area contributed by atoms with Gasteiger partial charge in [0.2, 0.25) is 0 Å². The monoisotopic (exact) mass is 220 g/mol. The Balaban J connectivity index is 2.95. The summed E-state index contributed by atoms with van der Waals surface area (Å²) in [6.07, 6.45) is 0.996. The Kier molecular flexibility index (Phi) is 3.98. The molecule has 1 aromatic carbocycles. The van der Waals surface area contributed by atoms with Crippen molar-refractivity contribution in [2.75, 3.05) is 18.5 Å². The Labute approximate surface area is 99.5 Å². The minimum absolute atomic E-state index is 0.108. The quantitative estimate of drug-likeness (QED) is 0.845. The minimum Gasteiger partial charge on any atom is -0.369 e. The molecule has 0 unspecified atom stereocenters. The Morgan fingerprint density at radius 1 is 1.19 bits per heavy atom. The summed E-state index contributed by atoms with van der Waals surface area (Å²) in [5.74, 6) is 0. The molecule has 0 saturated heterocycles. The SMILES string of the molecule is Cc1ccc(N(C)C(C)(C)CCN)cc1C. The van der Waals surface area contributed by atoms with Crippen molar-refractivity contribution < 1.29 is 0 Å². The Hall–Kier alpha value is -1.02. The third-order valence-corrected chi connectivity index (χ3v) is 3.54. The van der Waals surface area contributed by atoms with Crippen molar-refractivity contribution in [3.8, 4) is 0 Å². The van der Waals surface area contributed by atoms with Crippen molar-refractivity contribution >= 4 is 5.69 Å². The van der Waals surface area contributed by atoms with Crippen LogP contribution in [-0.2, 0) is 0 Å². The summed E-state index contributed by atoms with van der Waals surface area (Å²) in [6, 6.07) is 6.61. The zero-order chi connectivity index (χ0) is 12.3. The number of rotatable bonds is 4. The normalized spacial score (nSPS) is 11.6. The van der Waals surface area contributed by atoms with Crippen molar-refractivity contribution in [1.29, 1.82) is 0 Å². The highest BCUT2D eigenvalue weighted by atomic mass is 15.2. The van der Waals surface area contributed by atoms with Crippen molar-refractivity contribution in [1.82, 2.24) is 0 Å². The van der Waals surface area contributed by atoms with Gasteiger partial charge in [-0.25, -0.2) is 0 Å². The average Bonchev–Trinajstić information content (AvgIpc) is 2.21. The maximum absolute atomic E-state index is 5.66. The molecule has 0 aliphatic carbocycles. The highest BCUT2D eigenvalue weighted by Gasteiger charge is 2.22. The van der Waals surface area contributed by atoms with E-state index in [0.29, 0.717) is 0 Å². The van der Waals surface area contributed by atoms with E-state index in [1.165, 1.54) is 16.8 Å². The molecule has 0 fully saturated rings. The highest BCUT2D eigenvalue weighted by molar-refractivity contribution is 5.51. The number of hydrogen-bond donors (Lipinski definition) is 1. The van der Waals surface area contributed by atoms with E-state index in [4.69, 9.17) is 5.73 Å². The van der Waals surface area contributed by atoms with Crippen LogP contribution in [0.5, 0.6) is 0 Å². The van der Waals surface area contributed by atoms with Gasteiger partial charge in [0.15, 0.2) is 0 Å². The molecule has 0 atom stereocenters. The fourth-order valence-corrected chi connectivity index (χ4v) is 1.80. The lowest BCUT2D eigenvalue weighted by atomic mass is 9.97. The summed E-state index contributed by atoms with van der Waals surface area (Å²) in [7, 11) is 2.14. The van der Waals surface area contributed by atoms with Gasteiger partial charge in [-0.05, 0) is 63.9 Å². The van der Waals surface area contributed by atoms with E-state index < -0.39 is 0 Å². The van der Waals surface area contributed by atoms with Crippen LogP contribution in [0.3, 0.4) is 0 Å². The number of nitrogens with two attached hydrogens (primary N) is 1. The van der Waals surface area contributed by atoms with Crippen LogP contribution in [0.4, 0.5) is 5.69 Å². The summed E-state index contributed by atoms with van der Waals surface area (Å²) >= 11 is 0. The van der Waals surface area contributed by atoms with Crippen molar-refractivity contribution in [2.45, 2.75) is 39.7 Å². The molecule has 0 bridgehead atoms. The van der Waals surface area contributed by atoms with Crippen LogP contribution in [0.1, 0.15) is 31.4 Å². The smallest absolute Gasteiger partial charge is 0.0370 e.